The van der Waals surface area contributed by atoms with Gasteiger partial charge < -0.3 is 5.11 Å². The van der Waals surface area contributed by atoms with Gasteiger partial charge in [0.1, 0.15) is 6.07 Å². The Morgan fingerprint density at radius 2 is 2.42 bits per heavy atom. The van der Waals surface area contributed by atoms with E-state index in [1.807, 2.05) is 28.7 Å². The Morgan fingerprint density at radius 3 is 2.83 bits per heavy atom. The van der Waals surface area contributed by atoms with Gasteiger partial charge in [0.15, 0.2) is 5.69 Å². The van der Waals surface area contributed by atoms with Crippen molar-refractivity contribution in [1.29, 1.82) is 5.26 Å². The Hall–Kier alpha value is -1.16. The van der Waals surface area contributed by atoms with Crippen LogP contribution in [0.1, 0.15) is 16.1 Å². The lowest BCUT2D eigenvalue weighted by Gasteiger charge is -1.95. The molecule has 0 saturated carbocycles. The van der Waals surface area contributed by atoms with E-state index in [1.54, 1.807) is 0 Å². The fourth-order valence-corrected chi connectivity index (χ4v) is 1.23. The van der Waals surface area contributed by atoms with E-state index in [1.165, 1.54) is 12.3 Å². The highest BCUT2D eigenvalue weighted by atomic mass is 127. The highest BCUT2D eigenvalue weighted by Gasteiger charge is 2.06. The zero-order valence-corrected chi connectivity index (χ0v) is 7.94. The van der Waals surface area contributed by atoms with Crippen LogP contribution in [0.4, 0.5) is 0 Å². The zero-order chi connectivity index (χ0) is 9.14. The van der Waals surface area contributed by atoms with Gasteiger partial charge in [0.25, 0.3) is 0 Å². The van der Waals surface area contributed by atoms with Crippen molar-refractivity contribution >= 4 is 28.6 Å². The Morgan fingerprint density at radius 1 is 1.75 bits per heavy atom. The van der Waals surface area contributed by atoms with Crippen LogP contribution < -0.4 is 0 Å². The highest BCUT2D eigenvalue weighted by Crippen LogP contribution is 2.10. The van der Waals surface area contributed by atoms with Crippen molar-refractivity contribution in [3.05, 3.63) is 27.1 Å². The molecular weight excluding hydrogens is 271 g/mol. The van der Waals surface area contributed by atoms with Gasteiger partial charge in [-0.25, -0.2) is 9.78 Å². The fourth-order valence-electron chi connectivity index (χ4n) is 0.637. The molecule has 1 heterocycles. The fraction of sp³-hybridized carbons (Fsp3) is 0. The lowest BCUT2D eigenvalue weighted by molar-refractivity contribution is 0.0696. The summed E-state index contributed by atoms with van der Waals surface area (Å²) in [4.78, 5) is 14.1. The van der Waals surface area contributed by atoms with Crippen molar-refractivity contribution in [3.63, 3.8) is 0 Å². The van der Waals surface area contributed by atoms with Gasteiger partial charge in [0.05, 0.1) is 9.13 Å². The summed E-state index contributed by atoms with van der Waals surface area (Å²) in [6.07, 6.45) is 1.17. The minimum absolute atomic E-state index is 0.0957. The van der Waals surface area contributed by atoms with Crippen LogP contribution in [0.5, 0.6) is 0 Å². The van der Waals surface area contributed by atoms with E-state index in [9.17, 15) is 4.79 Å². The summed E-state index contributed by atoms with van der Waals surface area (Å²) in [6, 6.07) is 3.26. The predicted molar refractivity (Wildman–Crippen MR) is 48.6 cm³/mol. The normalized spacial score (nSPS) is 9.00. The van der Waals surface area contributed by atoms with E-state index in [-0.39, 0.29) is 11.3 Å². The molecule has 1 rings (SSSR count). The van der Waals surface area contributed by atoms with Crippen LogP contribution in [0.3, 0.4) is 0 Å². The van der Waals surface area contributed by atoms with Crippen LogP contribution in [0.25, 0.3) is 0 Å². The summed E-state index contributed by atoms with van der Waals surface area (Å²) in [5, 5.41) is 17.0. The van der Waals surface area contributed by atoms with Gasteiger partial charge in [-0.2, -0.15) is 5.26 Å². The van der Waals surface area contributed by atoms with Crippen molar-refractivity contribution in [2.75, 3.05) is 0 Å². The number of carbonyl (C=O) groups is 1. The van der Waals surface area contributed by atoms with Gasteiger partial charge in [0, 0.05) is 6.20 Å². The summed E-state index contributed by atoms with van der Waals surface area (Å²) < 4.78 is 0.551. The number of pyridine rings is 1. The SMILES string of the molecule is N#Cc1ncc(C(=O)O)cc1I. The lowest BCUT2D eigenvalue weighted by Crippen LogP contribution is -1.99. The quantitative estimate of drug-likeness (QED) is 0.782. The summed E-state index contributed by atoms with van der Waals surface area (Å²) in [5.74, 6) is -1.04. The molecule has 0 aliphatic rings. The second kappa shape index (κ2) is 3.49. The number of nitrogens with zero attached hydrogens (tertiary/aromatic N) is 2. The van der Waals surface area contributed by atoms with Gasteiger partial charge in [-0.15, -0.1) is 0 Å². The van der Waals surface area contributed by atoms with Crippen molar-refractivity contribution < 1.29 is 9.90 Å². The molecule has 0 aliphatic carbocycles. The number of hydrogen-bond acceptors (Lipinski definition) is 3. The van der Waals surface area contributed by atoms with E-state index in [0.29, 0.717) is 3.57 Å². The minimum atomic E-state index is -1.04. The summed E-state index contributed by atoms with van der Waals surface area (Å²) >= 11 is 1.87. The van der Waals surface area contributed by atoms with Crippen LogP contribution in [0.15, 0.2) is 12.3 Å². The molecule has 0 fully saturated rings. The molecule has 60 valence electrons. The monoisotopic (exact) mass is 274 g/mol. The third kappa shape index (κ3) is 1.71. The number of aromatic nitrogens is 1. The average molecular weight is 274 g/mol. The van der Waals surface area contributed by atoms with Gasteiger partial charge in [-0.05, 0) is 28.7 Å². The molecule has 4 nitrogen and oxygen atoms in total. The van der Waals surface area contributed by atoms with Gasteiger partial charge >= 0.3 is 5.97 Å². The first-order valence-corrected chi connectivity index (χ1v) is 4.02. The molecule has 0 aliphatic heterocycles. The molecule has 0 unspecified atom stereocenters. The molecule has 0 spiro atoms. The highest BCUT2D eigenvalue weighted by molar-refractivity contribution is 14.1. The number of hydrogen-bond donors (Lipinski definition) is 1. The number of carboxylic acid groups (broad SMARTS) is 1. The minimum Gasteiger partial charge on any atom is -0.478 e. The Balaban J connectivity index is 3.21. The Kier molecular flexibility index (Phi) is 2.60. The predicted octanol–water partition coefficient (Wildman–Crippen LogP) is 1.26. The van der Waals surface area contributed by atoms with Crippen LogP contribution >= 0.6 is 22.6 Å². The van der Waals surface area contributed by atoms with Crippen molar-refractivity contribution in [2.24, 2.45) is 0 Å². The van der Waals surface area contributed by atoms with Gasteiger partial charge in [0.2, 0.25) is 0 Å². The van der Waals surface area contributed by atoms with Crippen LogP contribution in [-0.2, 0) is 0 Å². The molecule has 1 aromatic heterocycles. The molecule has 0 amide bonds. The van der Waals surface area contributed by atoms with Gasteiger partial charge in [-0.3, -0.25) is 0 Å². The smallest absolute Gasteiger partial charge is 0.337 e. The molecule has 1 aromatic rings. The molecule has 1 N–H and O–H groups in total. The molecule has 0 saturated heterocycles. The second-order valence-corrected chi connectivity index (χ2v) is 3.13. The molecule has 0 radical (unpaired) electrons. The largest absolute Gasteiger partial charge is 0.478 e. The van der Waals surface area contributed by atoms with E-state index in [4.69, 9.17) is 10.4 Å². The second-order valence-electron chi connectivity index (χ2n) is 1.97. The van der Waals surface area contributed by atoms with Crippen molar-refractivity contribution in [1.82, 2.24) is 4.98 Å². The van der Waals surface area contributed by atoms with E-state index < -0.39 is 5.97 Å². The van der Waals surface area contributed by atoms with Crippen LogP contribution in [-0.4, -0.2) is 16.1 Å². The molecule has 0 atom stereocenters. The van der Waals surface area contributed by atoms with Crippen LogP contribution in [0.2, 0.25) is 0 Å². The molecule has 12 heavy (non-hydrogen) atoms. The molecule has 0 aromatic carbocycles. The van der Waals surface area contributed by atoms with Crippen molar-refractivity contribution in [3.8, 4) is 6.07 Å². The molecular formula is C7H3IN2O2. The number of nitriles is 1. The first-order chi connectivity index (χ1) is 5.65. The zero-order valence-electron chi connectivity index (χ0n) is 5.78. The van der Waals surface area contributed by atoms with E-state index >= 15 is 0 Å². The summed E-state index contributed by atoms with van der Waals surface area (Å²) in [6.45, 7) is 0. The number of halogens is 1. The number of carboxylic acids is 1. The van der Waals surface area contributed by atoms with E-state index in [0.717, 1.165) is 0 Å². The van der Waals surface area contributed by atoms with Crippen molar-refractivity contribution in [2.45, 2.75) is 0 Å². The maximum Gasteiger partial charge on any atom is 0.337 e. The first-order valence-electron chi connectivity index (χ1n) is 2.94. The maximum absolute atomic E-state index is 10.4. The Bertz CT molecular complexity index is 370. The third-order valence-corrected chi connectivity index (χ3v) is 2.02. The molecule has 0 bridgehead atoms. The lowest BCUT2D eigenvalue weighted by atomic mass is 10.2. The summed E-state index contributed by atoms with van der Waals surface area (Å²) in [7, 11) is 0. The Labute approximate surface area is 82.0 Å². The average Bonchev–Trinajstić information content (AvgIpc) is 2.04. The summed E-state index contributed by atoms with van der Waals surface area (Å²) in [5.41, 5.74) is 0.346. The first kappa shape index (κ1) is 8.93. The van der Waals surface area contributed by atoms with Crippen LogP contribution in [0, 0.1) is 14.9 Å². The standard InChI is InChI=1S/C7H3IN2O2/c8-5-1-4(7(11)12)3-10-6(5)2-9/h1,3H,(H,11,12). The topological polar surface area (TPSA) is 74.0 Å². The van der Waals surface area contributed by atoms with Gasteiger partial charge in [-0.1, -0.05) is 0 Å². The molecule has 5 heteroatoms. The number of aromatic carboxylic acids is 1. The van der Waals surface area contributed by atoms with E-state index in [2.05, 4.69) is 4.98 Å². The maximum atomic E-state index is 10.4. The third-order valence-electron chi connectivity index (χ3n) is 1.19. The number of rotatable bonds is 1.